The highest BCUT2D eigenvalue weighted by molar-refractivity contribution is 5.95. The Morgan fingerprint density at radius 2 is 1.63 bits per heavy atom. The average molecular weight is 371 g/mol. The van der Waals surface area contributed by atoms with Crippen LogP contribution in [-0.4, -0.2) is 31.7 Å². The van der Waals surface area contributed by atoms with Crippen LogP contribution in [0.1, 0.15) is 25.3 Å². The van der Waals surface area contributed by atoms with E-state index >= 15 is 0 Å². The third-order valence-electron chi connectivity index (χ3n) is 3.85. The predicted molar refractivity (Wildman–Crippen MR) is 103 cm³/mol. The second-order valence-electron chi connectivity index (χ2n) is 6.11. The minimum Gasteiger partial charge on any atom is -0.497 e. The molecule has 6 nitrogen and oxygen atoms in total. The number of ether oxygens (including phenoxy) is 3. The fourth-order valence-corrected chi connectivity index (χ4v) is 2.27. The molecule has 27 heavy (non-hydrogen) atoms. The third-order valence-corrected chi connectivity index (χ3v) is 3.85. The van der Waals surface area contributed by atoms with Crippen molar-refractivity contribution in [1.29, 1.82) is 0 Å². The van der Waals surface area contributed by atoms with Crippen molar-refractivity contribution in [3.8, 4) is 11.5 Å². The quantitative estimate of drug-likeness (QED) is 0.537. The summed E-state index contributed by atoms with van der Waals surface area (Å²) in [6.45, 7) is 3.90. The van der Waals surface area contributed by atoms with E-state index in [9.17, 15) is 9.59 Å². The van der Waals surface area contributed by atoms with Crippen molar-refractivity contribution in [2.24, 2.45) is 0 Å². The molecule has 0 saturated heterocycles. The van der Waals surface area contributed by atoms with Gasteiger partial charge in [-0.1, -0.05) is 17.7 Å². The number of esters is 1. The normalized spacial score (nSPS) is 11.4. The SMILES string of the molecule is COc1ccc(OCCCC(=O)O[C@@H](C)C(=O)Nc2ccc(C)cc2)cc1. The van der Waals surface area contributed by atoms with Gasteiger partial charge in [-0.2, -0.15) is 0 Å². The van der Waals surface area contributed by atoms with E-state index in [1.165, 1.54) is 0 Å². The first-order valence-electron chi connectivity index (χ1n) is 8.82. The number of rotatable bonds is 9. The van der Waals surface area contributed by atoms with E-state index in [4.69, 9.17) is 14.2 Å². The number of hydrogen-bond donors (Lipinski definition) is 1. The second kappa shape index (κ2) is 10.2. The molecule has 0 radical (unpaired) electrons. The van der Waals surface area contributed by atoms with Crippen LogP contribution in [-0.2, 0) is 14.3 Å². The van der Waals surface area contributed by atoms with Crippen LogP contribution in [0.15, 0.2) is 48.5 Å². The Kier molecular flexibility index (Phi) is 7.67. The Labute approximate surface area is 159 Å². The summed E-state index contributed by atoms with van der Waals surface area (Å²) < 4.78 is 15.8. The topological polar surface area (TPSA) is 73.9 Å². The standard InChI is InChI=1S/C21H25NO5/c1-15-6-8-17(9-7-15)22-21(24)16(2)27-20(23)5-4-14-26-19-12-10-18(25-3)11-13-19/h6-13,16H,4-5,14H2,1-3H3,(H,22,24)/t16-/m0/s1. The number of hydrogen-bond acceptors (Lipinski definition) is 5. The third kappa shape index (κ3) is 7.01. The summed E-state index contributed by atoms with van der Waals surface area (Å²) in [6.07, 6.45) is -0.184. The van der Waals surface area contributed by atoms with E-state index in [1.54, 1.807) is 50.4 Å². The van der Waals surface area contributed by atoms with Crippen molar-refractivity contribution in [3.63, 3.8) is 0 Å². The molecule has 0 aliphatic rings. The molecule has 2 aromatic carbocycles. The Hall–Kier alpha value is -3.02. The zero-order valence-electron chi connectivity index (χ0n) is 15.9. The molecule has 0 bridgehead atoms. The molecular weight excluding hydrogens is 346 g/mol. The highest BCUT2D eigenvalue weighted by Gasteiger charge is 2.17. The van der Waals surface area contributed by atoms with Gasteiger partial charge in [-0.15, -0.1) is 0 Å². The zero-order chi connectivity index (χ0) is 19.6. The maximum absolute atomic E-state index is 12.1. The minimum atomic E-state index is -0.860. The molecule has 0 fully saturated rings. The van der Waals surface area contributed by atoms with E-state index in [0.29, 0.717) is 24.5 Å². The number of aryl methyl sites for hydroxylation is 1. The first-order chi connectivity index (χ1) is 13.0. The maximum Gasteiger partial charge on any atom is 0.306 e. The summed E-state index contributed by atoms with van der Waals surface area (Å²) in [4.78, 5) is 24.0. The van der Waals surface area contributed by atoms with Gasteiger partial charge in [-0.25, -0.2) is 0 Å². The first kappa shape index (κ1) is 20.3. The molecule has 0 aliphatic carbocycles. The second-order valence-corrected chi connectivity index (χ2v) is 6.11. The van der Waals surface area contributed by atoms with Crippen LogP contribution in [0.2, 0.25) is 0 Å². The van der Waals surface area contributed by atoms with Crippen LogP contribution in [0, 0.1) is 6.92 Å². The van der Waals surface area contributed by atoms with Gasteiger partial charge < -0.3 is 19.5 Å². The Bertz CT molecular complexity index is 740. The van der Waals surface area contributed by atoms with E-state index in [2.05, 4.69) is 5.32 Å². The van der Waals surface area contributed by atoms with Gasteiger partial charge >= 0.3 is 5.97 Å². The summed E-state index contributed by atoms with van der Waals surface area (Å²) in [5, 5.41) is 2.72. The number of carbonyl (C=O) groups is 2. The van der Waals surface area contributed by atoms with Crippen LogP contribution in [0.25, 0.3) is 0 Å². The van der Waals surface area contributed by atoms with Crippen molar-refractivity contribution in [2.45, 2.75) is 32.8 Å². The number of benzene rings is 2. The fourth-order valence-electron chi connectivity index (χ4n) is 2.27. The number of amides is 1. The van der Waals surface area contributed by atoms with Crippen LogP contribution < -0.4 is 14.8 Å². The summed E-state index contributed by atoms with van der Waals surface area (Å²) >= 11 is 0. The highest BCUT2D eigenvalue weighted by atomic mass is 16.5. The lowest BCUT2D eigenvalue weighted by Crippen LogP contribution is -2.30. The van der Waals surface area contributed by atoms with Gasteiger partial charge in [0.15, 0.2) is 6.10 Å². The molecule has 0 unspecified atom stereocenters. The summed E-state index contributed by atoms with van der Waals surface area (Å²) in [7, 11) is 1.60. The van der Waals surface area contributed by atoms with Crippen LogP contribution >= 0.6 is 0 Å². The Morgan fingerprint density at radius 1 is 1.00 bits per heavy atom. The zero-order valence-corrected chi connectivity index (χ0v) is 15.9. The predicted octanol–water partition coefficient (Wildman–Crippen LogP) is 3.73. The van der Waals surface area contributed by atoms with E-state index in [1.807, 2.05) is 19.1 Å². The van der Waals surface area contributed by atoms with Gasteiger partial charge in [0.2, 0.25) is 0 Å². The molecule has 0 heterocycles. The molecule has 1 atom stereocenters. The molecule has 0 saturated carbocycles. The Morgan fingerprint density at radius 3 is 2.26 bits per heavy atom. The highest BCUT2D eigenvalue weighted by Crippen LogP contribution is 2.17. The lowest BCUT2D eigenvalue weighted by Gasteiger charge is -2.14. The molecule has 0 aliphatic heterocycles. The van der Waals surface area contributed by atoms with Gasteiger partial charge in [0, 0.05) is 12.1 Å². The van der Waals surface area contributed by atoms with Gasteiger partial charge in [0.05, 0.1) is 13.7 Å². The summed E-state index contributed by atoms with van der Waals surface area (Å²) in [5.74, 6) is 0.667. The summed E-state index contributed by atoms with van der Waals surface area (Å²) in [5.41, 5.74) is 1.77. The van der Waals surface area contributed by atoms with Crippen LogP contribution in [0.4, 0.5) is 5.69 Å². The van der Waals surface area contributed by atoms with E-state index in [-0.39, 0.29) is 12.3 Å². The van der Waals surface area contributed by atoms with Gasteiger partial charge in [-0.3, -0.25) is 9.59 Å². The van der Waals surface area contributed by atoms with Gasteiger partial charge in [0.25, 0.3) is 5.91 Å². The average Bonchev–Trinajstić information content (AvgIpc) is 2.67. The molecule has 0 aromatic heterocycles. The number of nitrogens with one attached hydrogen (secondary N) is 1. The molecule has 1 amide bonds. The molecule has 1 N–H and O–H groups in total. The molecule has 2 rings (SSSR count). The van der Waals surface area contributed by atoms with Crippen molar-refractivity contribution in [1.82, 2.24) is 0 Å². The van der Waals surface area contributed by atoms with Gasteiger partial charge in [-0.05, 0) is 56.7 Å². The smallest absolute Gasteiger partial charge is 0.306 e. The maximum atomic E-state index is 12.1. The largest absolute Gasteiger partial charge is 0.497 e. The molecule has 144 valence electrons. The number of carbonyl (C=O) groups excluding carboxylic acids is 2. The van der Waals surface area contributed by atoms with Crippen LogP contribution in [0.5, 0.6) is 11.5 Å². The fraction of sp³-hybridized carbons (Fsp3) is 0.333. The molecule has 2 aromatic rings. The summed E-state index contributed by atoms with van der Waals surface area (Å²) in [6, 6.07) is 14.6. The first-order valence-corrected chi connectivity index (χ1v) is 8.82. The lowest BCUT2D eigenvalue weighted by molar-refractivity contribution is -0.153. The van der Waals surface area contributed by atoms with E-state index in [0.717, 1.165) is 11.3 Å². The minimum absolute atomic E-state index is 0.179. The van der Waals surface area contributed by atoms with Crippen molar-refractivity contribution < 1.29 is 23.8 Å². The molecular formula is C21H25NO5. The van der Waals surface area contributed by atoms with Crippen molar-refractivity contribution in [2.75, 3.05) is 19.0 Å². The Balaban J connectivity index is 1.66. The number of methoxy groups -OCH3 is 1. The van der Waals surface area contributed by atoms with Gasteiger partial charge in [0.1, 0.15) is 11.5 Å². The molecule has 6 heteroatoms. The molecule has 0 spiro atoms. The number of anilines is 1. The van der Waals surface area contributed by atoms with Crippen molar-refractivity contribution in [3.05, 3.63) is 54.1 Å². The van der Waals surface area contributed by atoms with Crippen molar-refractivity contribution >= 4 is 17.6 Å². The lowest BCUT2D eigenvalue weighted by atomic mass is 10.2. The van der Waals surface area contributed by atoms with E-state index < -0.39 is 12.1 Å². The monoisotopic (exact) mass is 371 g/mol. The van der Waals surface area contributed by atoms with Crippen LogP contribution in [0.3, 0.4) is 0 Å².